The van der Waals surface area contributed by atoms with E-state index < -0.39 is 60.4 Å². The highest BCUT2D eigenvalue weighted by molar-refractivity contribution is 6.15. The number of fused-ring (bicyclic) bond motifs is 12. The molecule has 0 fully saturated rings. The minimum Gasteiger partial charge on any atom is -0.458 e. The Hall–Kier alpha value is -9.58. The van der Waals surface area contributed by atoms with E-state index in [1.54, 1.807) is 22.8 Å². The number of para-hydroxylation sites is 3. The lowest BCUT2D eigenvalue weighted by Gasteiger charge is -2.23. The molecule has 75 heavy (non-hydrogen) atoms. The highest BCUT2D eigenvalue weighted by atomic mass is 16.5. The smallest absolute Gasteiger partial charge is 0.269 e. The van der Waals surface area contributed by atoms with E-state index in [1.807, 2.05) is 65.4 Å². The predicted octanol–water partition coefficient (Wildman–Crippen LogP) is 17.6. The Morgan fingerprint density at radius 2 is 1.00 bits per heavy atom. The van der Waals surface area contributed by atoms with Crippen molar-refractivity contribution < 1.29 is 23.0 Å². The van der Waals surface area contributed by atoms with E-state index in [-0.39, 0.29) is 33.4 Å². The zero-order valence-corrected chi connectivity index (χ0v) is 41.1. The first-order valence-electron chi connectivity index (χ1n) is 29.9. The van der Waals surface area contributed by atoms with Crippen molar-refractivity contribution in [2.24, 2.45) is 0 Å². The van der Waals surface area contributed by atoms with Crippen molar-refractivity contribution in [1.82, 2.24) is 14.1 Å². The summed E-state index contributed by atoms with van der Waals surface area (Å²) in [5, 5.41) is 2.07. The van der Waals surface area contributed by atoms with Gasteiger partial charge >= 0.3 is 0 Å². The maximum absolute atomic E-state index is 9.11. The molecule has 0 N–H and O–H groups in total. The van der Waals surface area contributed by atoms with Crippen molar-refractivity contribution >= 4 is 32.8 Å². The Kier molecular flexibility index (Phi) is 8.14. The van der Waals surface area contributed by atoms with Gasteiger partial charge < -0.3 is 4.74 Å². The molecule has 0 unspecified atom stereocenters. The van der Waals surface area contributed by atoms with Gasteiger partial charge in [-0.25, -0.2) is 4.98 Å². The normalized spacial score (nSPS) is 13.8. The Bertz CT molecular complexity index is 4850. The van der Waals surface area contributed by atoms with Gasteiger partial charge in [-0.1, -0.05) is 203 Å². The lowest BCUT2D eigenvalue weighted by molar-refractivity contribution is -0.571. The van der Waals surface area contributed by atoms with Crippen molar-refractivity contribution in [3.8, 4) is 95.5 Å². The summed E-state index contributed by atoms with van der Waals surface area (Å²) >= 11 is 0. The molecule has 5 nitrogen and oxygen atoms in total. The fraction of sp³-hybridized carbons (Fsp3) is 0.0571. The Balaban J connectivity index is 0.946. The third-order valence-electron chi connectivity index (χ3n) is 14.3. The van der Waals surface area contributed by atoms with Crippen LogP contribution in [0.4, 0.5) is 0 Å². The predicted molar refractivity (Wildman–Crippen MR) is 307 cm³/mol. The molecular formula is C70H50N4O. The molecule has 0 amide bonds. The van der Waals surface area contributed by atoms with Gasteiger partial charge in [-0.05, 0) is 132 Å². The number of rotatable bonds is 7. The molecule has 3 aromatic heterocycles. The summed E-state index contributed by atoms with van der Waals surface area (Å²) in [6.45, 7) is 6.60. The standard InChI is InChI=1S/C70H50N4O/c1-70(2,3)48-38-39-71-68(40-48)74-66-42-51(36-37-60(66)63-43-61-58-30-14-12-28-56(58)54-26-10-11-27-55(54)57-29-13-15-31-59(57)62(61)44-67(63)74)75-50-25-18-24-49(41-50)72-45-73(65-35-17-16-34-64(65)72)69-52(46-20-6-4-7-21-46)32-19-33-53(69)47-22-8-5-9-23-47/h4-44H,1-3H3/i4D,5D,6D,7D,8D,9D,20D,21D,22D,23D. The van der Waals surface area contributed by atoms with Gasteiger partial charge in [0.15, 0.2) is 0 Å². The molecule has 0 aliphatic heterocycles. The zero-order chi connectivity index (χ0) is 58.9. The summed E-state index contributed by atoms with van der Waals surface area (Å²) in [6, 6.07) is 55.5. The lowest BCUT2D eigenvalue weighted by atomic mass is 9.80. The van der Waals surface area contributed by atoms with Gasteiger partial charge in [-0.15, -0.1) is 0 Å². The van der Waals surface area contributed by atoms with Gasteiger partial charge in [0.25, 0.3) is 6.33 Å². The van der Waals surface area contributed by atoms with Crippen LogP contribution in [0.2, 0.25) is 0 Å². The van der Waals surface area contributed by atoms with E-state index in [0.717, 1.165) is 66.6 Å². The van der Waals surface area contributed by atoms with Crippen LogP contribution in [0, 0.1) is 6.33 Å². The summed E-state index contributed by atoms with van der Waals surface area (Å²) in [4.78, 5) is 5.07. The third kappa shape index (κ3) is 7.46. The van der Waals surface area contributed by atoms with Crippen molar-refractivity contribution in [3.05, 3.63) is 261 Å². The fourth-order valence-corrected chi connectivity index (χ4v) is 10.9. The topological polar surface area (TPSA) is 35.9 Å². The average Bonchev–Trinajstić information content (AvgIpc) is 2.02. The minimum absolute atomic E-state index is 0.135. The van der Waals surface area contributed by atoms with Crippen LogP contribution in [0.5, 0.6) is 11.5 Å². The van der Waals surface area contributed by atoms with E-state index >= 15 is 0 Å². The minimum atomic E-state index is -0.570. The van der Waals surface area contributed by atoms with E-state index in [4.69, 9.17) is 23.4 Å². The number of pyridine rings is 1. The molecule has 1 aliphatic carbocycles. The highest BCUT2D eigenvalue weighted by Gasteiger charge is 2.26. The molecular weight excluding hydrogens is 913 g/mol. The van der Waals surface area contributed by atoms with Crippen LogP contribution in [-0.2, 0) is 5.41 Å². The zero-order valence-electron chi connectivity index (χ0n) is 51.1. The van der Waals surface area contributed by atoms with Crippen molar-refractivity contribution in [3.63, 3.8) is 0 Å². The third-order valence-corrected chi connectivity index (χ3v) is 14.3. The van der Waals surface area contributed by atoms with E-state index in [0.29, 0.717) is 28.2 Å². The van der Waals surface area contributed by atoms with Gasteiger partial charge in [0.2, 0.25) is 0 Å². The molecule has 0 bridgehead atoms. The van der Waals surface area contributed by atoms with Gasteiger partial charge in [0, 0.05) is 23.0 Å². The monoisotopic (exact) mass is 972 g/mol. The summed E-state index contributed by atoms with van der Waals surface area (Å²) in [5.41, 5.74) is 14.0. The first-order valence-corrected chi connectivity index (χ1v) is 24.9. The number of benzene rings is 10. The molecule has 0 saturated carbocycles. The molecule has 1 aliphatic rings. The van der Waals surface area contributed by atoms with Crippen LogP contribution in [0.1, 0.15) is 40.0 Å². The Morgan fingerprint density at radius 3 is 1.63 bits per heavy atom. The van der Waals surface area contributed by atoms with Crippen LogP contribution in [-0.4, -0.2) is 14.1 Å². The van der Waals surface area contributed by atoms with Crippen molar-refractivity contribution in [1.29, 1.82) is 0 Å². The number of hydrogen-bond donors (Lipinski definition) is 0. The molecule has 0 radical (unpaired) electrons. The van der Waals surface area contributed by atoms with Crippen LogP contribution >= 0.6 is 0 Å². The van der Waals surface area contributed by atoms with Gasteiger partial charge in [0.05, 0.1) is 47.1 Å². The van der Waals surface area contributed by atoms with Crippen LogP contribution < -0.4 is 9.30 Å². The van der Waals surface area contributed by atoms with Gasteiger partial charge in [0.1, 0.15) is 17.3 Å². The highest BCUT2D eigenvalue weighted by Crippen LogP contribution is 2.50. The van der Waals surface area contributed by atoms with Crippen molar-refractivity contribution in [2.45, 2.75) is 26.2 Å². The summed E-state index contributed by atoms with van der Waals surface area (Å²) < 4.78 is 100. The molecule has 10 aromatic carbocycles. The Labute approximate surface area is 450 Å². The van der Waals surface area contributed by atoms with E-state index in [9.17, 15) is 0 Å². The number of aromatic nitrogens is 4. The molecule has 13 aromatic rings. The summed E-state index contributed by atoms with van der Waals surface area (Å²) in [6.07, 6.45) is 5.36. The first-order chi connectivity index (χ1) is 41.0. The first kappa shape index (κ1) is 34.7. The van der Waals surface area contributed by atoms with Crippen molar-refractivity contribution in [2.75, 3.05) is 0 Å². The molecule has 0 atom stereocenters. The summed E-state index contributed by atoms with van der Waals surface area (Å²) in [7, 11) is 0. The number of imidazole rings is 1. The maximum Gasteiger partial charge on any atom is 0.269 e. The lowest BCUT2D eigenvalue weighted by Crippen LogP contribution is -2.31. The fourth-order valence-electron chi connectivity index (χ4n) is 10.9. The molecule has 0 spiro atoms. The molecule has 5 heteroatoms. The second kappa shape index (κ2) is 17.6. The maximum atomic E-state index is 9.11. The second-order valence-corrected chi connectivity index (χ2v) is 19.8. The van der Waals surface area contributed by atoms with E-state index in [1.165, 1.54) is 11.1 Å². The quantitative estimate of drug-likeness (QED) is 0.118. The Morgan fingerprint density at radius 1 is 0.467 bits per heavy atom. The van der Waals surface area contributed by atoms with Crippen LogP contribution in [0.3, 0.4) is 0 Å². The van der Waals surface area contributed by atoms with E-state index in [2.05, 4.69) is 141 Å². The van der Waals surface area contributed by atoms with Crippen LogP contribution in [0.25, 0.3) is 117 Å². The van der Waals surface area contributed by atoms with Gasteiger partial charge in [-0.2, -0.15) is 0 Å². The van der Waals surface area contributed by atoms with Crippen LogP contribution in [0.15, 0.2) is 249 Å². The number of ether oxygens (including phenoxy) is 1. The molecule has 0 saturated heterocycles. The molecule has 3 heterocycles. The molecule has 356 valence electrons. The second-order valence-electron chi connectivity index (χ2n) is 19.8. The number of hydrogen-bond acceptors (Lipinski definition) is 2. The SMILES string of the molecule is [2H]c1c([2H])c([2H])c(-c2cccc(-c3c([2H])c([2H])c([2H])c([2H])c3[2H])c2-[n+]2[c-]n(-c3cccc(Oc4ccc5c6cc7c(cc6n(-c6cc(C(C)(C)C)ccn6)c5c4)-c4ccccc4-c4ccccc4-c4ccccc4-7)c3)c3ccccc32)c([2H])c1[2H]. The molecule has 14 rings (SSSR count). The average molecular weight is 973 g/mol. The summed E-state index contributed by atoms with van der Waals surface area (Å²) in [5.74, 6) is 1.83. The number of nitrogens with zero attached hydrogens (tertiary/aromatic N) is 4. The largest absolute Gasteiger partial charge is 0.458 e. The van der Waals surface area contributed by atoms with Gasteiger partial charge in [-0.3, -0.25) is 13.7 Å².